The minimum absolute atomic E-state index is 0.177. The van der Waals surface area contributed by atoms with Crippen LogP contribution in [0.15, 0.2) is 24.3 Å². The highest BCUT2D eigenvalue weighted by Crippen LogP contribution is 2.12. The molecule has 0 aromatic heterocycles. The van der Waals surface area contributed by atoms with Crippen molar-refractivity contribution in [3.63, 3.8) is 0 Å². The lowest BCUT2D eigenvalue weighted by Crippen LogP contribution is -2.44. The molecule has 2 N–H and O–H groups in total. The molecule has 0 bridgehead atoms. The molecule has 1 amide bonds. The Labute approximate surface area is 112 Å². The highest BCUT2D eigenvalue weighted by atomic mass is 16.5. The Morgan fingerprint density at radius 1 is 1.26 bits per heavy atom. The Balaban J connectivity index is 2.74. The standard InChI is InChI=1S/C14H19NO4/c1-4-19-11-7-5-10(6-8-11)13(16)15-12(9(2)3)14(17)18/h5-9,12H,4H2,1-3H3,(H,15,16)(H,17,18)/t12-/m1/s1. The number of nitrogens with one attached hydrogen (secondary N) is 1. The van der Waals surface area contributed by atoms with E-state index in [1.54, 1.807) is 38.1 Å². The summed E-state index contributed by atoms with van der Waals surface area (Å²) in [5.41, 5.74) is 0.412. The summed E-state index contributed by atoms with van der Waals surface area (Å²) in [4.78, 5) is 22.9. The van der Waals surface area contributed by atoms with Gasteiger partial charge in [-0.25, -0.2) is 4.79 Å². The van der Waals surface area contributed by atoms with Crippen molar-refractivity contribution >= 4 is 11.9 Å². The SMILES string of the molecule is CCOc1ccc(C(=O)N[C@@H](C(=O)O)C(C)C)cc1. The normalized spacial score (nSPS) is 12.0. The van der Waals surface area contributed by atoms with Gasteiger partial charge in [-0.2, -0.15) is 0 Å². The lowest BCUT2D eigenvalue weighted by molar-refractivity contribution is -0.140. The molecule has 0 heterocycles. The van der Waals surface area contributed by atoms with Crippen LogP contribution in [0.25, 0.3) is 0 Å². The third kappa shape index (κ3) is 4.28. The average molecular weight is 265 g/mol. The van der Waals surface area contributed by atoms with E-state index in [1.165, 1.54) is 0 Å². The number of carboxylic acid groups (broad SMARTS) is 1. The van der Waals surface area contributed by atoms with Crippen LogP contribution in [0, 0.1) is 5.92 Å². The van der Waals surface area contributed by atoms with Crippen molar-refractivity contribution in [3.05, 3.63) is 29.8 Å². The predicted molar refractivity (Wildman–Crippen MR) is 71.3 cm³/mol. The molecule has 0 spiro atoms. The van der Waals surface area contributed by atoms with E-state index in [1.807, 2.05) is 6.92 Å². The molecule has 1 rings (SSSR count). The first-order valence-electron chi connectivity index (χ1n) is 6.22. The molecule has 0 aliphatic heterocycles. The number of amides is 1. The fourth-order valence-corrected chi connectivity index (χ4v) is 1.61. The Morgan fingerprint density at radius 3 is 2.26 bits per heavy atom. The summed E-state index contributed by atoms with van der Waals surface area (Å²) in [5, 5.41) is 11.5. The van der Waals surface area contributed by atoms with Gasteiger partial charge in [0.2, 0.25) is 0 Å². The highest BCUT2D eigenvalue weighted by Gasteiger charge is 2.23. The summed E-state index contributed by atoms with van der Waals surface area (Å²) in [6, 6.07) is 5.70. The predicted octanol–water partition coefficient (Wildman–Crippen LogP) is 1.92. The van der Waals surface area contributed by atoms with Gasteiger partial charge in [0.1, 0.15) is 11.8 Å². The van der Waals surface area contributed by atoms with Gasteiger partial charge in [0.05, 0.1) is 6.61 Å². The Hall–Kier alpha value is -2.04. The number of carbonyl (C=O) groups is 2. The van der Waals surface area contributed by atoms with E-state index in [4.69, 9.17) is 9.84 Å². The smallest absolute Gasteiger partial charge is 0.326 e. The van der Waals surface area contributed by atoms with Crippen molar-refractivity contribution in [1.29, 1.82) is 0 Å². The summed E-state index contributed by atoms with van der Waals surface area (Å²) in [5.74, 6) is -0.930. The van der Waals surface area contributed by atoms with Crippen molar-refractivity contribution in [2.75, 3.05) is 6.61 Å². The van der Waals surface area contributed by atoms with Gasteiger partial charge in [0.25, 0.3) is 5.91 Å². The fraction of sp³-hybridized carbons (Fsp3) is 0.429. The van der Waals surface area contributed by atoms with Crippen LogP contribution in [0.1, 0.15) is 31.1 Å². The van der Waals surface area contributed by atoms with E-state index in [0.29, 0.717) is 17.9 Å². The quantitative estimate of drug-likeness (QED) is 0.824. The number of hydrogen-bond acceptors (Lipinski definition) is 3. The first-order valence-corrected chi connectivity index (χ1v) is 6.22. The molecule has 0 aliphatic carbocycles. The molecule has 0 aliphatic rings. The van der Waals surface area contributed by atoms with Crippen LogP contribution in [0.5, 0.6) is 5.75 Å². The van der Waals surface area contributed by atoms with Crippen LogP contribution in [0.4, 0.5) is 0 Å². The Kier molecular flexibility index (Phi) is 5.36. The molecule has 1 aromatic rings. The third-order valence-corrected chi connectivity index (χ3v) is 2.65. The van der Waals surface area contributed by atoms with Gasteiger partial charge in [-0.1, -0.05) is 13.8 Å². The molecule has 0 radical (unpaired) electrons. The van der Waals surface area contributed by atoms with E-state index in [0.717, 1.165) is 0 Å². The maximum Gasteiger partial charge on any atom is 0.326 e. The van der Waals surface area contributed by atoms with Gasteiger partial charge in [-0.3, -0.25) is 4.79 Å². The number of aliphatic carboxylic acids is 1. The molecule has 1 atom stereocenters. The molecule has 5 heteroatoms. The zero-order valence-corrected chi connectivity index (χ0v) is 11.3. The summed E-state index contributed by atoms with van der Waals surface area (Å²) in [6.45, 7) is 5.93. The molecular formula is C14H19NO4. The average Bonchev–Trinajstić information content (AvgIpc) is 2.36. The van der Waals surface area contributed by atoms with Gasteiger partial charge in [0, 0.05) is 5.56 Å². The van der Waals surface area contributed by atoms with Crippen molar-refractivity contribution < 1.29 is 19.4 Å². The number of hydrogen-bond donors (Lipinski definition) is 2. The summed E-state index contributed by atoms with van der Waals surface area (Å²) < 4.78 is 5.27. The number of carbonyl (C=O) groups excluding carboxylic acids is 1. The van der Waals surface area contributed by atoms with E-state index >= 15 is 0 Å². The van der Waals surface area contributed by atoms with Crippen LogP contribution < -0.4 is 10.1 Å². The molecule has 0 fully saturated rings. The second kappa shape index (κ2) is 6.78. The van der Waals surface area contributed by atoms with E-state index in [2.05, 4.69) is 5.32 Å². The topological polar surface area (TPSA) is 75.6 Å². The number of ether oxygens (including phenoxy) is 1. The fourth-order valence-electron chi connectivity index (χ4n) is 1.61. The molecular weight excluding hydrogens is 246 g/mol. The van der Waals surface area contributed by atoms with Crippen molar-refractivity contribution in [2.24, 2.45) is 5.92 Å². The van der Waals surface area contributed by atoms with Crippen molar-refractivity contribution in [1.82, 2.24) is 5.32 Å². The van der Waals surface area contributed by atoms with Crippen LogP contribution in [-0.4, -0.2) is 29.6 Å². The van der Waals surface area contributed by atoms with Crippen LogP contribution in [-0.2, 0) is 4.79 Å². The van der Waals surface area contributed by atoms with Crippen LogP contribution in [0.2, 0.25) is 0 Å². The largest absolute Gasteiger partial charge is 0.494 e. The summed E-state index contributed by atoms with van der Waals surface area (Å²) >= 11 is 0. The maximum absolute atomic E-state index is 11.9. The maximum atomic E-state index is 11.9. The van der Waals surface area contributed by atoms with E-state index < -0.39 is 17.9 Å². The monoisotopic (exact) mass is 265 g/mol. The van der Waals surface area contributed by atoms with Gasteiger partial charge in [0.15, 0.2) is 0 Å². The Bertz CT molecular complexity index is 439. The molecule has 1 aromatic carbocycles. The first kappa shape index (κ1) is 15.0. The van der Waals surface area contributed by atoms with E-state index in [-0.39, 0.29) is 5.92 Å². The van der Waals surface area contributed by atoms with Gasteiger partial charge in [-0.05, 0) is 37.1 Å². The lowest BCUT2D eigenvalue weighted by atomic mass is 10.0. The highest BCUT2D eigenvalue weighted by molar-refractivity contribution is 5.96. The molecule has 0 unspecified atom stereocenters. The minimum atomic E-state index is -1.03. The number of rotatable bonds is 6. The number of carboxylic acids is 1. The van der Waals surface area contributed by atoms with Gasteiger partial charge in [-0.15, -0.1) is 0 Å². The van der Waals surface area contributed by atoms with E-state index in [9.17, 15) is 9.59 Å². The lowest BCUT2D eigenvalue weighted by Gasteiger charge is -2.17. The zero-order chi connectivity index (χ0) is 14.4. The Morgan fingerprint density at radius 2 is 1.84 bits per heavy atom. The minimum Gasteiger partial charge on any atom is -0.494 e. The first-order chi connectivity index (χ1) is 8.95. The van der Waals surface area contributed by atoms with Crippen molar-refractivity contribution in [3.8, 4) is 5.75 Å². The number of benzene rings is 1. The molecule has 104 valence electrons. The second-order valence-corrected chi connectivity index (χ2v) is 4.49. The van der Waals surface area contributed by atoms with Crippen LogP contribution >= 0.6 is 0 Å². The third-order valence-electron chi connectivity index (χ3n) is 2.65. The van der Waals surface area contributed by atoms with Crippen LogP contribution in [0.3, 0.4) is 0 Å². The van der Waals surface area contributed by atoms with Gasteiger partial charge >= 0.3 is 5.97 Å². The zero-order valence-electron chi connectivity index (χ0n) is 11.3. The van der Waals surface area contributed by atoms with Crippen molar-refractivity contribution in [2.45, 2.75) is 26.8 Å². The molecule has 0 saturated carbocycles. The summed E-state index contributed by atoms with van der Waals surface area (Å²) in [7, 11) is 0. The molecule has 5 nitrogen and oxygen atoms in total. The molecule has 0 saturated heterocycles. The molecule has 19 heavy (non-hydrogen) atoms. The summed E-state index contributed by atoms with van der Waals surface area (Å²) in [6.07, 6.45) is 0. The van der Waals surface area contributed by atoms with Gasteiger partial charge < -0.3 is 15.2 Å². The second-order valence-electron chi connectivity index (χ2n) is 4.49.